The van der Waals surface area contributed by atoms with Crippen molar-refractivity contribution in [2.75, 3.05) is 27.7 Å². The molecule has 1 fully saturated rings. The summed E-state index contributed by atoms with van der Waals surface area (Å²) in [6.45, 7) is 2.94. The summed E-state index contributed by atoms with van der Waals surface area (Å²) < 4.78 is 0. The summed E-state index contributed by atoms with van der Waals surface area (Å²) in [4.78, 5) is 18.1. The molecule has 5 nitrogen and oxygen atoms in total. The minimum absolute atomic E-state index is 0. The van der Waals surface area contributed by atoms with Crippen molar-refractivity contribution in [1.29, 1.82) is 0 Å². The number of aliphatic imine (C=N–C) groups is 1. The lowest BCUT2D eigenvalue weighted by molar-refractivity contribution is 0.0827. The van der Waals surface area contributed by atoms with Crippen LogP contribution in [0.4, 0.5) is 0 Å². The number of halogens is 1. The summed E-state index contributed by atoms with van der Waals surface area (Å²) in [6, 6.07) is 16.9. The van der Waals surface area contributed by atoms with Gasteiger partial charge in [-0.15, -0.1) is 24.0 Å². The molecule has 0 heterocycles. The maximum atomic E-state index is 12.1. The van der Waals surface area contributed by atoms with E-state index in [0.29, 0.717) is 12.0 Å². The Morgan fingerprint density at radius 3 is 2.62 bits per heavy atom. The highest BCUT2D eigenvalue weighted by atomic mass is 127. The Morgan fingerprint density at radius 2 is 1.93 bits per heavy atom. The third-order valence-corrected chi connectivity index (χ3v) is 5.21. The van der Waals surface area contributed by atoms with Crippen molar-refractivity contribution in [1.82, 2.24) is 15.5 Å². The number of guanidine groups is 1. The summed E-state index contributed by atoms with van der Waals surface area (Å²) in [7, 11) is 5.35. The number of carbonyl (C=O) groups excluding carboxylic acids is 1. The predicted molar refractivity (Wildman–Crippen MR) is 130 cm³/mol. The highest BCUT2D eigenvalue weighted by molar-refractivity contribution is 14.0. The monoisotopic (exact) mass is 506 g/mol. The molecule has 2 N–H and O–H groups in total. The molecular weight excluding hydrogens is 475 g/mol. The zero-order valence-electron chi connectivity index (χ0n) is 17.6. The van der Waals surface area contributed by atoms with E-state index in [0.717, 1.165) is 36.5 Å². The minimum atomic E-state index is 0. The van der Waals surface area contributed by atoms with Gasteiger partial charge >= 0.3 is 0 Å². The van der Waals surface area contributed by atoms with E-state index < -0.39 is 0 Å². The molecule has 2 aromatic rings. The van der Waals surface area contributed by atoms with E-state index in [2.05, 4.69) is 52.9 Å². The summed E-state index contributed by atoms with van der Waals surface area (Å²) in [5.41, 5.74) is 4.65. The third kappa shape index (κ3) is 6.19. The first-order valence-corrected chi connectivity index (χ1v) is 9.83. The first-order valence-electron chi connectivity index (χ1n) is 9.83. The van der Waals surface area contributed by atoms with Crippen molar-refractivity contribution in [3.05, 3.63) is 70.8 Å². The minimum Gasteiger partial charge on any atom is -0.356 e. The number of hydrogen-bond acceptors (Lipinski definition) is 2. The Hall–Kier alpha value is -2.09. The zero-order valence-corrected chi connectivity index (χ0v) is 19.9. The second kappa shape index (κ2) is 10.6. The SMILES string of the molecule is CN=C(NCCc1cccc(C(=O)N(C)C)c1)NC1CC1c1ccccc1C.I. The topological polar surface area (TPSA) is 56.7 Å². The molecule has 2 unspecified atom stereocenters. The van der Waals surface area contributed by atoms with Crippen LogP contribution in [0.15, 0.2) is 53.5 Å². The van der Waals surface area contributed by atoms with E-state index >= 15 is 0 Å². The van der Waals surface area contributed by atoms with Gasteiger partial charge in [0.2, 0.25) is 0 Å². The normalized spacial score (nSPS) is 17.9. The van der Waals surface area contributed by atoms with E-state index in [-0.39, 0.29) is 29.9 Å². The number of benzene rings is 2. The van der Waals surface area contributed by atoms with Crippen LogP contribution in [0.1, 0.15) is 39.4 Å². The Balaban J connectivity index is 0.00000300. The van der Waals surface area contributed by atoms with E-state index in [1.807, 2.05) is 18.2 Å². The molecular formula is C23H31IN4O. The molecule has 3 rings (SSSR count). The van der Waals surface area contributed by atoms with Gasteiger partial charge in [-0.05, 0) is 48.6 Å². The van der Waals surface area contributed by atoms with Crippen LogP contribution >= 0.6 is 24.0 Å². The van der Waals surface area contributed by atoms with Crippen LogP contribution in [-0.2, 0) is 6.42 Å². The quantitative estimate of drug-likeness (QED) is 0.358. The maximum Gasteiger partial charge on any atom is 0.253 e. The van der Waals surface area contributed by atoms with Crippen molar-refractivity contribution in [2.24, 2.45) is 4.99 Å². The van der Waals surface area contributed by atoms with Gasteiger partial charge in [-0.2, -0.15) is 0 Å². The predicted octanol–water partition coefficient (Wildman–Crippen LogP) is 3.58. The second-order valence-electron chi connectivity index (χ2n) is 7.60. The molecule has 0 saturated heterocycles. The first-order chi connectivity index (χ1) is 13.5. The second-order valence-corrected chi connectivity index (χ2v) is 7.60. The number of amides is 1. The van der Waals surface area contributed by atoms with Gasteiger partial charge in [-0.3, -0.25) is 9.79 Å². The summed E-state index contributed by atoms with van der Waals surface area (Å²) >= 11 is 0. The van der Waals surface area contributed by atoms with Crippen molar-refractivity contribution in [3.8, 4) is 0 Å². The highest BCUT2D eigenvalue weighted by Gasteiger charge is 2.39. The fraction of sp³-hybridized carbons (Fsp3) is 0.391. The fourth-order valence-electron chi connectivity index (χ4n) is 3.51. The summed E-state index contributed by atoms with van der Waals surface area (Å²) in [5.74, 6) is 1.43. The third-order valence-electron chi connectivity index (χ3n) is 5.21. The number of hydrogen-bond donors (Lipinski definition) is 2. The van der Waals surface area contributed by atoms with Crippen molar-refractivity contribution >= 4 is 35.8 Å². The van der Waals surface area contributed by atoms with Crippen LogP contribution < -0.4 is 10.6 Å². The number of carbonyl (C=O) groups is 1. The van der Waals surface area contributed by atoms with Crippen molar-refractivity contribution < 1.29 is 4.79 Å². The maximum absolute atomic E-state index is 12.1. The molecule has 0 aromatic heterocycles. The largest absolute Gasteiger partial charge is 0.356 e. The standard InChI is InChI=1S/C23H30N4O.HI/c1-16-8-5-6-11-19(16)20-15-21(20)26-23(24-2)25-13-12-17-9-7-10-18(14-17)22(28)27(3)4;/h5-11,14,20-21H,12-13,15H2,1-4H3,(H2,24,25,26);1H. The fourth-order valence-corrected chi connectivity index (χ4v) is 3.51. The van der Waals surface area contributed by atoms with Gasteiger partial charge in [0.15, 0.2) is 5.96 Å². The Bertz CT molecular complexity index is 865. The van der Waals surface area contributed by atoms with Crippen molar-refractivity contribution in [3.63, 3.8) is 0 Å². The Morgan fingerprint density at radius 1 is 1.17 bits per heavy atom. The van der Waals surface area contributed by atoms with Crippen LogP contribution in [0.5, 0.6) is 0 Å². The molecule has 0 spiro atoms. The lowest BCUT2D eigenvalue weighted by Crippen LogP contribution is -2.40. The van der Waals surface area contributed by atoms with Crippen LogP contribution in [0.2, 0.25) is 0 Å². The van der Waals surface area contributed by atoms with E-state index in [4.69, 9.17) is 0 Å². The van der Waals surface area contributed by atoms with Crippen LogP contribution in [0, 0.1) is 6.92 Å². The van der Waals surface area contributed by atoms with E-state index in [1.54, 1.807) is 26.0 Å². The molecule has 1 saturated carbocycles. The molecule has 2 aromatic carbocycles. The van der Waals surface area contributed by atoms with E-state index in [9.17, 15) is 4.79 Å². The molecule has 1 aliphatic rings. The van der Waals surface area contributed by atoms with Crippen LogP contribution in [-0.4, -0.2) is 50.5 Å². The van der Waals surface area contributed by atoms with Crippen LogP contribution in [0.25, 0.3) is 0 Å². The molecule has 1 amide bonds. The number of aryl methyl sites for hydroxylation is 1. The Labute approximate surface area is 191 Å². The summed E-state index contributed by atoms with van der Waals surface area (Å²) in [5, 5.41) is 6.92. The average molecular weight is 506 g/mol. The number of nitrogens with one attached hydrogen (secondary N) is 2. The molecule has 156 valence electrons. The van der Waals surface area contributed by atoms with Crippen LogP contribution in [0.3, 0.4) is 0 Å². The molecule has 6 heteroatoms. The number of rotatable bonds is 6. The molecule has 2 atom stereocenters. The Kier molecular flexibility index (Phi) is 8.49. The molecule has 0 radical (unpaired) electrons. The van der Waals surface area contributed by atoms with Gasteiger partial charge in [0, 0.05) is 45.2 Å². The molecule has 0 bridgehead atoms. The summed E-state index contributed by atoms with van der Waals surface area (Å²) in [6.07, 6.45) is 1.97. The lowest BCUT2D eigenvalue weighted by atomic mass is 10.0. The van der Waals surface area contributed by atoms with Gasteiger partial charge < -0.3 is 15.5 Å². The van der Waals surface area contributed by atoms with Gasteiger partial charge in [0.1, 0.15) is 0 Å². The highest BCUT2D eigenvalue weighted by Crippen LogP contribution is 2.41. The smallest absolute Gasteiger partial charge is 0.253 e. The van der Waals surface area contributed by atoms with Crippen molar-refractivity contribution in [2.45, 2.75) is 31.7 Å². The van der Waals surface area contributed by atoms with Gasteiger partial charge in [0.05, 0.1) is 0 Å². The zero-order chi connectivity index (χ0) is 20.1. The van der Waals surface area contributed by atoms with Gasteiger partial charge in [-0.25, -0.2) is 0 Å². The van der Waals surface area contributed by atoms with E-state index in [1.165, 1.54) is 11.1 Å². The molecule has 29 heavy (non-hydrogen) atoms. The molecule has 1 aliphatic carbocycles. The average Bonchev–Trinajstić information content (AvgIpc) is 3.46. The first kappa shape index (κ1) is 23.2. The number of nitrogens with zero attached hydrogens (tertiary/aromatic N) is 2. The molecule has 0 aliphatic heterocycles. The van der Waals surface area contributed by atoms with Gasteiger partial charge in [0.25, 0.3) is 5.91 Å². The lowest BCUT2D eigenvalue weighted by Gasteiger charge is -2.13. The van der Waals surface area contributed by atoms with Gasteiger partial charge in [-0.1, -0.05) is 36.4 Å².